The maximum atomic E-state index is 11.8. The molecule has 19 heavy (non-hydrogen) atoms. The number of amides is 2. The number of carbonyl (C=O) groups excluding carboxylic acids is 1. The molecule has 0 heterocycles. The molecule has 0 spiro atoms. The Hall–Kier alpha value is -2.04. The number of anilines is 1. The second-order valence-corrected chi connectivity index (χ2v) is 4.61. The van der Waals surface area contributed by atoms with Crippen molar-refractivity contribution < 1.29 is 14.7 Å². The van der Waals surface area contributed by atoms with Gasteiger partial charge < -0.3 is 15.7 Å². The Kier molecular flexibility index (Phi) is 5.36. The van der Waals surface area contributed by atoms with Gasteiger partial charge in [0.15, 0.2) is 0 Å². The summed E-state index contributed by atoms with van der Waals surface area (Å²) in [7, 11) is 0. The first-order chi connectivity index (χ1) is 8.95. The van der Waals surface area contributed by atoms with E-state index < -0.39 is 18.0 Å². The Morgan fingerprint density at radius 3 is 2.47 bits per heavy atom. The van der Waals surface area contributed by atoms with Gasteiger partial charge in [-0.15, -0.1) is 0 Å². The van der Waals surface area contributed by atoms with Gasteiger partial charge in [0.25, 0.3) is 0 Å². The highest BCUT2D eigenvalue weighted by Gasteiger charge is 2.25. The number of urea groups is 1. The fraction of sp³-hybridized carbons (Fsp3) is 0.429. The first-order valence-corrected chi connectivity index (χ1v) is 6.31. The summed E-state index contributed by atoms with van der Waals surface area (Å²) in [6.45, 7) is 5.56. The van der Waals surface area contributed by atoms with Crippen molar-refractivity contribution in [1.29, 1.82) is 0 Å². The zero-order valence-corrected chi connectivity index (χ0v) is 11.4. The zero-order chi connectivity index (χ0) is 14.4. The van der Waals surface area contributed by atoms with Crippen LogP contribution in [0.25, 0.3) is 0 Å². The van der Waals surface area contributed by atoms with E-state index in [9.17, 15) is 9.59 Å². The molecule has 0 saturated carbocycles. The third-order valence-corrected chi connectivity index (χ3v) is 3.16. The quantitative estimate of drug-likeness (QED) is 0.765. The van der Waals surface area contributed by atoms with Gasteiger partial charge >= 0.3 is 12.0 Å². The molecule has 104 valence electrons. The number of carboxylic acids is 1. The number of nitrogens with one attached hydrogen (secondary N) is 2. The molecule has 1 unspecified atom stereocenters. The highest BCUT2D eigenvalue weighted by atomic mass is 16.4. The zero-order valence-electron chi connectivity index (χ0n) is 11.4. The molecule has 0 bridgehead atoms. The highest BCUT2D eigenvalue weighted by Crippen LogP contribution is 2.13. The Bertz CT molecular complexity index is 460. The number of aliphatic carboxylic acids is 1. The van der Waals surface area contributed by atoms with Crippen molar-refractivity contribution in [2.75, 3.05) is 5.32 Å². The Morgan fingerprint density at radius 2 is 1.95 bits per heavy atom. The molecular weight excluding hydrogens is 244 g/mol. The van der Waals surface area contributed by atoms with E-state index in [-0.39, 0.29) is 5.92 Å². The van der Waals surface area contributed by atoms with Crippen LogP contribution in [0, 0.1) is 12.8 Å². The second-order valence-electron chi connectivity index (χ2n) is 4.61. The fourth-order valence-corrected chi connectivity index (χ4v) is 1.70. The smallest absolute Gasteiger partial charge is 0.326 e. The van der Waals surface area contributed by atoms with Gasteiger partial charge in [0.2, 0.25) is 0 Å². The second kappa shape index (κ2) is 6.78. The molecular formula is C14H20N2O3. The molecule has 3 N–H and O–H groups in total. The number of carbonyl (C=O) groups is 2. The minimum atomic E-state index is -1.02. The van der Waals surface area contributed by atoms with Crippen LogP contribution in [0.5, 0.6) is 0 Å². The van der Waals surface area contributed by atoms with E-state index in [2.05, 4.69) is 10.6 Å². The monoisotopic (exact) mass is 264 g/mol. The predicted octanol–water partition coefficient (Wildman–Crippen LogP) is 2.62. The molecule has 0 aliphatic heterocycles. The van der Waals surface area contributed by atoms with Crippen molar-refractivity contribution in [3.8, 4) is 0 Å². The van der Waals surface area contributed by atoms with Crippen LogP contribution in [0.3, 0.4) is 0 Å². The van der Waals surface area contributed by atoms with Gasteiger partial charge in [-0.3, -0.25) is 0 Å². The summed E-state index contributed by atoms with van der Waals surface area (Å²) in [6.07, 6.45) is 0.682. The Balaban J connectivity index is 2.68. The molecule has 5 heteroatoms. The number of rotatable bonds is 5. The average Bonchev–Trinajstić information content (AvgIpc) is 2.37. The van der Waals surface area contributed by atoms with E-state index in [0.29, 0.717) is 12.1 Å². The average molecular weight is 264 g/mol. The molecule has 0 radical (unpaired) electrons. The van der Waals surface area contributed by atoms with Crippen LogP contribution >= 0.6 is 0 Å². The van der Waals surface area contributed by atoms with Crippen LogP contribution in [-0.2, 0) is 4.79 Å². The number of para-hydroxylation sites is 1. The summed E-state index contributed by atoms with van der Waals surface area (Å²) in [5.41, 5.74) is 1.60. The maximum Gasteiger partial charge on any atom is 0.326 e. The maximum absolute atomic E-state index is 11.8. The van der Waals surface area contributed by atoms with E-state index in [0.717, 1.165) is 5.56 Å². The van der Waals surface area contributed by atoms with Crippen molar-refractivity contribution >= 4 is 17.7 Å². The van der Waals surface area contributed by atoms with Gasteiger partial charge in [0, 0.05) is 5.69 Å². The van der Waals surface area contributed by atoms with Crippen LogP contribution in [-0.4, -0.2) is 23.1 Å². The van der Waals surface area contributed by atoms with E-state index >= 15 is 0 Å². The largest absolute Gasteiger partial charge is 0.480 e. The third kappa shape index (κ3) is 4.28. The molecule has 0 saturated heterocycles. The van der Waals surface area contributed by atoms with Gasteiger partial charge in [-0.25, -0.2) is 9.59 Å². The standard InChI is InChI=1S/C14H20N2O3/c1-4-9(2)12(13(17)18)16-14(19)15-11-8-6-5-7-10(11)3/h5-9,12H,4H2,1-3H3,(H,17,18)(H2,15,16,19)/t9?,12-/m0/s1. The summed E-state index contributed by atoms with van der Waals surface area (Å²) in [6, 6.07) is 5.95. The SMILES string of the molecule is CCC(C)[C@H](NC(=O)Nc1ccccc1C)C(=O)O. The lowest BCUT2D eigenvalue weighted by molar-refractivity contribution is -0.140. The molecule has 0 aliphatic carbocycles. The Labute approximate surface area is 113 Å². The van der Waals surface area contributed by atoms with Crippen molar-refractivity contribution in [3.05, 3.63) is 29.8 Å². The van der Waals surface area contributed by atoms with Gasteiger partial charge in [-0.1, -0.05) is 38.5 Å². The lowest BCUT2D eigenvalue weighted by Gasteiger charge is -2.20. The van der Waals surface area contributed by atoms with E-state index in [4.69, 9.17) is 5.11 Å². The highest BCUT2D eigenvalue weighted by molar-refractivity contribution is 5.92. The third-order valence-electron chi connectivity index (χ3n) is 3.16. The molecule has 5 nitrogen and oxygen atoms in total. The lowest BCUT2D eigenvalue weighted by Crippen LogP contribution is -2.46. The number of aryl methyl sites for hydroxylation is 1. The van der Waals surface area contributed by atoms with Gasteiger partial charge in [0.05, 0.1) is 0 Å². The number of hydrogen-bond acceptors (Lipinski definition) is 2. The van der Waals surface area contributed by atoms with E-state index in [1.54, 1.807) is 13.0 Å². The molecule has 2 amide bonds. The molecule has 1 aromatic carbocycles. The number of carboxylic acid groups (broad SMARTS) is 1. The van der Waals surface area contributed by atoms with Crippen molar-refractivity contribution in [2.45, 2.75) is 33.2 Å². The topological polar surface area (TPSA) is 78.4 Å². The summed E-state index contributed by atoms with van der Waals surface area (Å²) in [5.74, 6) is -1.14. The first-order valence-electron chi connectivity index (χ1n) is 6.31. The van der Waals surface area contributed by atoms with Crippen molar-refractivity contribution in [1.82, 2.24) is 5.32 Å². The number of benzene rings is 1. The van der Waals surface area contributed by atoms with Crippen LogP contribution < -0.4 is 10.6 Å². The van der Waals surface area contributed by atoms with E-state index in [1.165, 1.54) is 0 Å². The molecule has 0 aliphatic rings. The van der Waals surface area contributed by atoms with Crippen molar-refractivity contribution in [3.63, 3.8) is 0 Å². The lowest BCUT2D eigenvalue weighted by atomic mass is 9.99. The van der Waals surface area contributed by atoms with Crippen LogP contribution in [0.4, 0.5) is 10.5 Å². The molecule has 0 aromatic heterocycles. The van der Waals surface area contributed by atoms with Crippen LogP contribution in [0.1, 0.15) is 25.8 Å². The predicted molar refractivity (Wildman–Crippen MR) is 74.2 cm³/mol. The summed E-state index contributed by atoms with van der Waals surface area (Å²) < 4.78 is 0. The van der Waals surface area contributed by atoms with Gasteiger partial charge in [-0.05, 0) is 24.5 Å². The minimum Gasteiger partial charge on any atom is -0.480 e. The van der Waals surface area contributed by atoms with Gasteiger partial charge in [0.1, 0.15) is 6.04 Å². The van der Waals surface area contributed by atoms with Crippen LogP contribution in [0.2, 0.25) is 0 Å². The molecule has 1 aromatic rings. The molecule has 1 rings (SSSR count). The molecule has 2 atom stereocenters. The fourth-order valence-electron chi connectivity index (χ4n) is 1.70. The van der Waals surface area contributed by atoms with Gasteiger partial charge in [-0.2, -0.15) is 0 Å². The van der Waals surface area contributed by atoms with Crippen molar-refractivity contribution in [2.24, 2.45) is 5.92 Å². The first kappa shape index (κ1) is 15.0. The summed E-state index contributed by atoms with van der Waals surface area (Å²) in [5, 5.41) is 14.3. The number of hydrogen-bond donors (Lipinski definition) is 3. The normalized spacial score (nSPS) is 13.4. The Morgan fingerprint density at radius 1 is 1.32 bits per heavy atom. The molecule has 0 fully saturated rings. The summed E-state index contributed by atoms with van der Waals surface area (Å²) >= 11 is 0. The minimum absolute atomic E-state index is 0.125. The van der Waals surface area contributed by atoms with E-state index in [1.807, 2.05) is 32.0 Å². The van der Waals surface area contributed by atoms with Crippen LogP contribution in [0.15, 0.2) is 24.3 Å². The summed E-state index contributed by atoms with van der Waals surface area (Å²) in [4.78, 5) is 22.9.